The monoisotopic (exact) mass is 480 g/mol. The van der Waals surface area contributed by atoms with Crippen LogP contribution in [0, 0.1) is 0 Å². The molecule has 5 nitrogen and oxygen atoms in total. The lowest BCUT2D eigenvalue weighted by atomic mass is 9.97. The Morgan fingerprint density at radius 2 is 1.52 bits per heavy atom. The summed E-state index contributed by atoms with van der Waals surface area (Å²) in [5.74, 6) is 0. The van der Waals surface area contributed by atoms with Crippen LogP contribution >= 0.6 is 46.4 Å². The molecule has 0 bridgehead atoms. The standard InChI is InChI=1S/C20H20Cl4O5/c1-20(26)18(28-9-12-3-5-14(22)7-16(12)24)17(29-19(20)25)10-27-8-11-2-4-13(21)6-15(11)23/h2-7,17-19,25-26H,8-10H2,1H3/t17-,18-,19+,20-/m1/s1. The van der Waals surface area contributed by atoms with Crippen LogP contribution in [0.4, 0.5) is 0 Å². The van der Waals surface area contributed by atoms with Crippen LogP contribution in [-0.2, 0) is 27.4 Å². The number of ether oxygens (including phenoxy) is 3. The van der Waals surface area contributed by atoms with E-state index in [4.69, 9.17) is 60.6 Å². The van der Waals surface area contributed by atoms with Crippen molar-refractivity contribution in [2.24, 2.45) is 0 Å². The molecule has 0 amide bonds. The largest absolute Gasteiger partial charge is 0.382 e. The van der Waals surface area contributed by atoms with Crippen molar-refractivity contribution in [1.29, 1.82) is 0 Å². The first kappa shape index (κ1) is 23.1. The van der Waals surface area contributed by atoms with E-state index >= 15 is 0 Å². The Bertz CT molecular complexity index is 861. The minimum Gasteiger partial charge on any atom is -0.382 e. The minimum atomic E-state index is -1.62. The zero-order valence-electron chi connectivity index (χ0n) is 15.4. The third-order valence-corrected chi connectivity index (χ3v) is 5.88. The number of hydrogen-bond donors (Lipinski definition) is 2. The van der Waals surface area contributed by atoms with Crippen LogP contribution in [0.5, 0.6) is 0 Å². The van der Waals surface area contributed by atoms with E-state index in [2.05, 4.69) is 0 Å². The van der Waals surface area contributed by atoms with Gasteiger partial charge in [0.05, 0.1) is 19.8 Å². The lowest BCUT2D eigenvalue weighted by Crippen LogP contribution is -2.47. The molecule has 3 rings (SSSR count). The Balaban J connectivity index is 1.63. The molecule has 9 heteroatoms. The van der Waals surface area contributed by atoms with Crippen LogP contribution in [0.25, 0.3) is 0 Å². The molecule has 2 aromatic rings. The quantitative estimate of drug-likeness (QED) is 0.590. The van der Waals surface area contributed by atoms with Crippen LogP contribution in [0.3, 0.4) is 0 Å². The number of halogens is 4. The smallest absolute Gasteiger partial charge is 0.186 e. The highest BCUT2D eigenvalue weighted by Crippen LogP contribution is 2.34. The predicted octanol–water partition coefficient (Wildman–Crippen LogP) is 4.87. The average Bonchev–Trinajstić information content (AvgIpc) is 2.85. The van der Waals surface area contributed by atoms with Gasteiger partial charge in [0.2, 0.25) is 0 Å². The Kier molecular flexibility index (Phi) is 7.71. The van der Waals surface area contributed by atoms with E-state index in [1.165, 1.54) is 6.92 Å². The number of aliphatic hydroxyl groups excluding tert-OH is 1. The number of hydrogen-bond acceptors (Lipinski definition) is 5. The number of rotatable bonds is 7. The summed E-state index contributed by atoms with van der Waals surface area (Å²) in [5, 5.41) is 22.7. The van der Waals surface area contributed by atoms with E-state index in [0.29, 0.717) is 25.7 Å². The molecule has 1 aliphatic rings. The Labute approximate surface area is 189 Å². The molecule has 1 aliphatic heterocycles. The molecule has 4 atom stereocenters. The molecule has 1 fully saturated rings. The first-order valence-electron chi connectivity index (χ1n) is 8.81. The van der Waals surface area contributed by atoms with Gasteiger partial charge < -0.3 is 24.4 Å². The Morgan fingerprint density at radius 3 is 2.07 bits per heavy atom. The van der Waals surface area contributed by atoms with Gasteiger partial charge in [0, 0.05) is 20.1 Å². The molecule has 0 spiro atoms. The molecule has 2 aromatic carbocycles. The summed E-state index contributed by atoms with van der Waals surface area (Å²) in [4.78, 5) is 0. The Hall–Kier alpha value is -0.600. The summed E-state index contributed by atoms with van der Waals surface area (Å²) in [7, 11) is 0. The molecule has 2 N–H and O–H groups in total. The van der Waals surface area contributed by atoms with Crippen molar-refractivity contribution in [3.05, 3.63) is 67.6 Å². The highest BCUT2D eigenvalue weighted by molar-refractivity contribution is 6.35. The summed E-state index contributed by atoms with van der Waals surface area (Å²) >= 11 is 24.1. The van der Waals surface area contributed by atoms with Gasteiger partial charge in [-0.15, -0.1) is 0 Å². The molecule has 0 aliphatic carbocycles. The summed E-state index contributed by atoms with van der Waals surface area (Å²) in [6.07, 6.45) is -2.96. The van der Waals surface area contributed by atoms with Crippen LogP contribution in [0.2, 0.25) is 20.1 Å². The molecule has 0 unspecified atom stereocenters. The molecule has 29 heavy (non-hydrogen) atoms. The molecular weight excluding hydrogens is 462 g/mol. The molecule has 158 valence electrons. The van der Waals surface area contributed by atoms with Gasteiger partial charge >= 0.3 is 0 Å². The van der Waals surface area contributed by atoms with Gasteiger partial charge in [0.1, 0.15) is 17.8 Å². The zero-order valence-corrected chi connectivity index (χ0v) is 18.5. The van der Waals surface area contributed by atoms with Crippen molar-refractivity contribution < 1.29 is 24.4 Å². The van der Waals surface area contributed by atoms with Crippen LogP contribution in [0.15, 0.2) is 36.4 Å². The second kappa shape index (κ2) is 9.69. The van der Waals surface area contributed by atoms with Crippen molar-refractivity contribution in [1.82, 2.24) is 0 Å². The fourth-order valence-corrected chi connectivity index (χ4v) is 3.96. The maximum Gasteiger partial charge on any atom is 0.186 e. The summed E-state index contributed by atoms with van der Waals surface area (Å²) in [6, 6.07) is 10.1. The van der Waals surface area contributed by atoms with Gasteiger partial charge in [-0.25, -0.2) is 0 Å². The van der Waals surface area contributed by atoms with Crippen molar-refractivity contribution in [2.45, 2.75) is 44.2 Å². The summed E-state index contributed by atoms with van der Waals surface area (Å²) in [6.45, 7) is 1.84. The molecule has 0 aromatic heterocycles. The second-order valence-electron chi connectivity index (χ2n) is 6.97. The maximum absolute atomic E-state index is 10.6. The van der Waals surface area contributed by atoms with Gasteiger partial charge in [0.25, 0.3) is 0 Å². The van der Waals surface area contributed by atoms with Gasteiger partial charge in [-0.1, -0.05) is 58.5 Å². The van der Waals surface area contributed by atoms with Crippen molar-refractivity contribution in [2.75, 3.05) is 6.61 Å². The summed E-state index contributed by atoms with van der Waals surface area (Å²) in [5.41, 5.74) is -0.169. The van der Waals surface area contributed by atoms with E-state index in [1.807, 2.05) is 0 Å². The predicted molar refractivity (Wildman–Crippen MR) is 113 cm³/mol. The molecule has 0 radical (unpaired) electrons. The van der Waals surface area contributed by atoms with E-state index in [1.54, 1.807) is 36.4 Å². The fourth-order valence-electron chi connectivity index (χ4n) is 3.04. The van der Waals surface area contributed by atoms with Crippen LogP contribution in [0.1, 0.15) is 18.1 Å². The normalized spacial score (nSPS) is 26.8. The molecular formula is C20H20Cl4O5. The van der Waals surface area contributed by atoms with Crippen LogP contribution in [-0.4, -0.2) is 40.9 Å². The highest BCUT2D eigenvalue weighted by Gasteiger charge is 2.53. The molecule has 1 saturated heterocycles. The van der Waals surface area contributed by atoms with E-state index in [0.717, 1.165) is 5.56 Å². The SMILES string of the molecule is C[C@@]1(O)[C@H](OCc2ccc(Cl)cc2Cl)[C@@H](COCc2ccc(Cl)cc2Cl)O[C@@H]1O. The van der Waals surface area contributed by atoms with Crippen LogP contribution < -0.4 is 0 Å². The summed E-state index contributed by atoms with van der Waals surface area (Å²) < 4.78 is 17.0. The Morgan fingerprint density at radius 1 is 0.966 bits per heavy atom. The third-order valence-electron chi connectivity index (χ3n) is 4.71. The highest BCUT2D eigenvalue weighted by atomic mass is 35.5. The van der Waals surface area contributed by atoms with E-state index in [-0.39, 0.29) is 19.8 Å². The minimum absolute atomic E-state index is 0.0746. The topological polar surface area (TPSA) is 68.2 Å². The van der Waals surface area contributed by atoms with Gasteiger partial charge in [-0.3, -0.25) is 0 Å². The van der Waals surface area contributed by atoms with Gasteiger partial charge in [-0.05, 0) is 42.3 Å². The lowest BCUT2D eigenvalue weighted by molar-refractivity contribution is -0.174. The van der Waals surface area contributed by atoms with Gasteiger partial charge in [0.15, 0.2) is 6.29 Å². The van der Waals surface area contributed by atoms with Crippen molar-refractivity contribution in [3.8, 4) is 0 Å². The van der Waals surface area contributed by atoms with Crippen molar-refractivity contribution >= 4 is 46.4 Å². The maximum atomic E-state index is 10.6. The number of benzene rings is 2. The lowest BCUT2D eigenvalue weighted by Gasteiger charge is -2.28. The van der Waals surface area contributed by atoms with Crippen molar-refractivity contribution in [3.63, 3.8) is 0 Å². The third kappa shape index (κ3) is 5.56. The molecule has 1 heterocycles. The fraction of sp³-hybridized carbons (Fsp3) is 0.400. The zero-order chi connectivity index (χ0) is 21.2. The first-order valence-corrected chi connectivity index (χ1v) is 10.3. The molecule has 0 saturated carbocycles. The first-order chi connectivity index (χ1) is 13.7. The second-order valence-corrected chi connectivity index (χ2v) is 8.66. The van der Waals surface area contributed by atoms with E-state index in [9.17, 15) is 10.2 Å². The van der Waals surface area contributed by atoms with E-state index < -0.39 is 24.1 Å². The average molecular weight is 482 g/mol. The number of aliphatic hydroxyl groups is 2. The van der Waals surface area contributed by atoms with Gasteiger partial charge in [-0.2, -0.15) is 0 Å².